The van der Waals surface area contributed by atoms with Gasteiger partial charge in [-0.3, -0.25) is 4.79 Å². The molecule has 0 N–H and O–H groups in total. The molecule has 3 nitrogen and oxygen atoms in total. The lowest BCUT2D eigenvalue weighted by Crippen LogP contribution is -2.21. The minimum absolute atomic E-state index is 0.123. The molecule has 0 aromatic heterocycles. The number of hydrogen-bond acceptors (Lipinski definition) is 2. The third kappa shape index (κ3) is 4.17. The van der Waals surface area contributed by atoms with Gasteiger partial charge in [0.25, 0.3) is 0 Å². The summed E-state index contributed by atoms with van der Waals surface area (Å²) >= 11 is 3.11. The van der Waals surface area contributed by atoms with Crippen molar-refractivity contribution >= 4 is 28.0 Å². The molecule has 0 spiro atoms. The van der Waals surface area contributed by atoms with E-state index in [0.717, 1.165) is 12.0 Å². The number of rotatable bonds is 5. The molecule has 4 heteroatoms. The van der Waals surface area contributed by atoms with Gasteiger partial charge in [-0.25, -0.2) is 8.72 Å². The molecule has 0 aliphatic heterocycles. The molecule has 90 valence electrons. The van der Waals surface area contributed by atoms with Gasteiger partial charge in [0.1, 0.15) is 11.6 Å². The summed E-state index contributed by atoms with van der Waals surface area (Å²) in [5.41, 5.74) is 1.27. The lowest BCUT2D eigenvalue weighted by Gasteiger charge is -2.14. The van der Waals surface area contributed by atoms with Crippen molar-refractivity contribution < 1.29 is 9.59 Å². The highest BCUT2D eigenvalue weighted by Crippen LogP contribution is 2.15. The van der Waals surface area contributed by atoms with Crippen molar-refractivity contribution in [2.45, 2.75) is 26.2 Å². The van der Waals surface area contributed by atoms with Crippen molar-refractivity contribution in [3.05, 3.63) is 41.6 Å². The summed E-state index contributed by atoms with van der Waals surface area (Å²) in [5.74, 6) is 1.69. The predicted molar refractivity (Wildman–Crippen MR) is 70.0 cm³/mol. The van der Waals surface area contributed by atoms with Gasteiger partial charge in [-0.05, 0) is 12.0 Å². The minimum Gasteiger partial charge on any atom is -0.274 e. The number of hydrogen-bond donors (Lipinski definition) is 0. The van der Waals surface area contributed by atoms with Gasteiger partial charge in [-0.2, -0.15) is 0 Å². The second kappa shape index (κ2) is 7.05. The number of allylic oxidation sites excluding steroid dienone is 1. The van der Waals surface area contributed by atoms with E-state index in [-0.39, 0.29) is 5.91 Å². The van der Waals surface area contributed by atoms with E-state index in [9.17, 15) is 9.59 Å². The first-order valence-corrected chi connectivity index (χ1v) is 6.16. The summed E-state index contributed by atoms with van der Waals surface area (Å²) in [5, 5.41) is 0. The number of carbonyl (C=O) groups is 1. The molecule has 17 heavy (non-hydrogen) atoms. The third-order valence-electron chi connectivity index (χ3n) is 2.25. The summed E-state index contributed by atoms with van der Waals surface area (Å²) in [6.07, 6.45) is 1.55. The number of benzene rings is 1. The molecule has 1 aromatic rings. The summed E-state index contributed by atoms with van der Waals surface area (Å²) < 4.78 is 1.22. The first-order valence-electron chi connectivity index (χ1n) is 5.45. The fourth-order valence-electron chi connectivity index (χ4n) is 1.40. The highest BCUT2D eigenvalue weighted by Gasteiger charge is 2.15. The van der Waals surface area contributed by atoms with Crippen molar-refractivity contribution in [2.24, 2.45) is 0 Å². The van der Waals surface area contributed by atoms with Crippen LogP contribution in [0.1, 0.15) is 25.3 Å². The van der Waals surface area contributed by atoms with Crippen molar-refractivity contribution in [3.63, 3.8) is 0 Å². The first-order chi connectivity index (χ1) is 8.19. The van der Waals surface area contributed by atoms with Crippen LogP contribution in [0.25, 0.3) is 0 Å². The van der Waals surface area contributed by atoms with Gasteiger partial charge in [0.2, 0.25) is 5.91 Å². The van der Waals surface area contributed by atoms with Gasteiger partial charge < -0.3 is 0 Å². The maximum absolute atomic E-state index is 11.6. The SMILES string of the molecule is CCCC(=O)N(Br)C(=C=O)Cc1ccccc1. The molecule has 0 aliphatic carbocycles. The van der Waals surface area contributed by atoms with Gasteiger partial charge in [-0.1, -0.05) is 37.3 Å². The van der Waals surface area contributed by atoms with Crippen molar-refractivity contribution in [3.8, 4) is 0 Å². The van der Waals surface area contributed by atoms with Gasteiger partial charge in [0.05, 0.1) is 16.1 Å². The largest absolute Gasteiger partial charge is 0.274 e. The lowest BCUT2D eigenvalue weighted by atomic mass is 10.1. The normalized spacial score (nSPS) is 9.53. The lowest BCUT2D eigenvalue weighted by molar-refractivity contribution is -0.124. The molecule has 0 bridgehead atoms. The molecule has 1 amide bonds. The third-order valence-corrected chi connectivity index (χ3v) is 3.08. The monoisotopic (exact) mass is 295 g/mol. The van der Waals surface area contributed by atoms with Crippen LogP contribution in [-0.2, 0) is 16.0 Å². The molecule has 0 atom stereocenters. The maximum atomic E-state index is 11.6. The standard InChI is InChI=1S/C13H14BrNO2/c1-2-6-13(17)15(14)12(10-16)9-11-7-4-3-5-8-11/h3-5,7-8H,2,6,9H2,1H3. The summed E-state index contributed by atoms with van der Waals surface area (Å²) in [6, 6.07) is 9.50. The van der Waals surface area contributed by atoms with E-state index in [1.807, 2.05) is 43.2 Å². The van der Waals surface area contributed by atoms with E-state index in [2.05, 4.69) is 16.1 Å². The molecule has 0 unspecified atom stereocenters. The van der Waals surface area contributed by atoms with Crippen molar-refractivity contribution in [2.75, 3.05) is 0 Å². The van der Waals surface area contributed by atoms with Crippen LogP contribution in [0.2, 0.25) is 0 Å². The molecule has 1 aromatic carbocycles. The molecule has 1 rings (SSSR count). The van der Waals surface area contributed by atoms with E-state index in [1.54, 1.807) is 0 Å². The van der Waals surface area contributed by atoms with E-state index in [0.29, 0.717) is 18.5 Å². The van der Waals surface area contributed by atoms with Gasteiger partial charge in [-0.15, -0.1) is 0 Å². The second-order valence-electron chi connectivity index (χ2n) is 3.64. The van der Waals surface area contributed by atoms with Crippen LogP contribution in [0.5, 0.6) is 0 Å². The van der Waals surface area contributed by atoms with E-state index in [1.165, 1.54) is 3.93 Å². The Balaban J connectivity index is 2.74. The Morgan fingerprint density at radius 2 is 2.00 bits per heavy atom. The van der Waals surface area contributed by atoms with Crippen molar-refractivity contribution in [1.82, 2.24) is 3.93 Å². The smallest absolute Gasteiger partial charge is 0.237 e. The molecular formula is C13H14BrNO2. The Morgan fingerprint density at radius 3 is 2.53 bits per heavy atom. The zero-order valence-electron chi connectivity index (χ0n) is 9.65. The van der Waals surface area contributed by atoms with Crippen LogP contribution in [0.3, 0.4) is 0 Å². The predicted octanol–water partition coefficient (Wildman–Crippen LogP) is 2.88. The maximum Gasteiger partial charge on any atom is 0.237 e. The highest BCUT2D eigenvalue weighted by molar-refractivity contribution is 9.07. The van der Waals surface area contributed by atoms with Crippen LogP contribution in [0, 0.1) is 0 Å². The zero-order valence-corrected chi connectivity index (χ0v) is 11.2. The average molecular weight is 296 g/mol. The highest BCUT2D eigenvalue weighted by atomic mass is 79.9. The number of amides is 1. The van der Waals surface area contributed by atoms with Gasteiger partial charge in [0.15, 0.2) is 0 Å². The summed E-state index contributed by atoms with van der Waals surface area (Å²) in [6.45, 7) is 1.92. The van der Waals surface area contributed by atoms with Crippen LogP contribution >= 0.6 is 16.1 Å². The molecule has 0 aliphatic rings. The number of halogens is 1. The van der Waals surface area contributed by atoms with Crippen LogP contribution in [0.15, 0.2) is 36.0 Å². The zero-order chi connectivity index (χ0) is 12.7. The molecular weight excluding hydrogens is 282 g/mol. The van der Waals surface area contributed by atoms with Crippen molar-refractivity contribution in [1.29, 1.82) is 0 Å². The Labute approximate surface area is 109 Å². The fourth-order valence-corrected chi connectivity index (χ4v) is 1.77. The Bertz CT molecular complexity index is 424. The molecule has 0 saturated carbocycles. The van der Waals surface area contributed by atoms with Crippen LogP contribution in [0.4, 0.5) is 0 Å². The van der Waals surface area contributed by atoms with E-state index >= 15 is 0 Å². The average Bonchev–Trinajstić information content (AvgIpc) is 2.36. The van der Waals surface area contributed by atoms with Gasteiger partial charge in [0, 0.05) is 12.8 Å². The quantitative estimate of drug-likeness (QED) is 0.619. The first kappa shape index (κ1) is 13.7. The molecule has 0 fully saturated rings. The molecule has 0 saturated heterocycles. The van der Waals surface area contributed by atoms with E-state index < -0.39 is 0 Å². The summed E-state index contributed by atoms with van der Waals surface area (Å²) in [7, 11) is 0. The second-order valence-corrected chi connectivity index (χ2v) is 4.34. The Hall–Kier alpha value is -1.38. The molecule has 0 radical (unpaired) electrons. The minimum atomic E-state index is -0.123. The van der Waals surface area contributed by atoms with Gasteiger partial charge >= 0.3 is 0 Å². The van der Waals surface area contributed by atoms with E-state index in [4.69, 9.17) is 0 Å². The summed E-state index contributed by atoms with van der Waals surface area (Å²) in [4.78, 5) is 22.5. The number of carbonyl (C=O) groups excluding carboxylic acids is 2. The van der Waals surface area contributed by atoms with Crippen LogP contribution in [-0.4, -0.2) is 15.8 Å². The Kier molecular flexibility index (Phi) is 5.67. The Morgan fingerprint density at radius 1 is 1.35 bits per heavy atom. The fraction of sp³-hybridized carbons (Fsp3) is 0.308. The van der Waals surface area contributed by atoms with Crippen LogP contribution < -0.4 is 0 Å². The number of nitrogens with zero attached hydrogens (tertiary/aromatic N) is 1. The topological polar surface area (TPSA) is 37.4 Å². The molecule has 0 heterocycles.